The Morgan fingerprint density at radius 3 is 2.83 bits per heavy atom. The van der Waals surface area contributed by atoms with Crippen molar-refractivity contribution in [3.63, 3.8) is 0 Å². The summed E-state index contributed by atoms with van der Waals surface area (Å²) < 4.78 is 13.2. The van der Waals surface area contributed by atoms with E-state index in [2.05, 4.69) is 11.5 Å². The molecule has 18 heavy (non-hydrogen) atoms. The Bertz CT molecular complexity index is 499. The average Bonchev–Trinajstić information content (AvgIpc) is 2.87. The van der Waals surface area contributed by atoms with E-state index in [1.54, 1.807) is 17.4 Å². The molecule has 5 N–H and O–H groups in total. The number of nitrogens with two attached hydrogens (primary N) is 2. The maximum absolute atomic E-state index is 13.2. The van der Waals surface area contributed by atoms with Gasteiger partial charge in [-0.1, -0.05) is 6.07 Å². The Balaban J connectivity index is 2.10. The second-order valence-corrected chi connectivity index (χ2v) is 5.14. The standard InChI is InChI=1S/C13H16FN3S/c14-9-3-5-12(15)11(8-9)13(17-16)6-4-10-2-1-7-18-10/h1-3,5,7-8,13,17H,4,6,15-16H2. The molecule has 0 bridgehead atoms. The monoisotopic (exact) mass is 265 g/mol. The van der Waals surface area contributed by atoms with Crippen LogP contribution in [0.25, 0.3) is 0 Å². The van der Waals surface area contributed by atoms with Crippen LogP contribution in [0.3, 0.4) is 0 Å². The molecule has 2 rings (SSSR count). The third-order valence-corrected chi connectivity index (χ3v) is 3.82. The van der Waals surface area contributed by atoms with Gasteiger partial charge in [-0.3, -0.25) is 11.3 Å². The molecular formula is C13H16FN3S. The summed E-state index contributed by atoms with van der Waals surface area (Å²) >= 11 is 1.70. The van der Waals surface area contributed by atoms with Gasteiger partial charge < -0.3 is 5.73 Å². The highest BCUT2D eigenvalue weighted by Gasteiger charge is 2.14. The fraction of sp³-hybridized carbons (Fsp3) is 0.231. The van der Waals surface area contributed by atoms with Crippen molar-refractivity contribution in [3.05, 3.63) is 52.0 Å². The highest BCUT2D eigenvalue weighted by atomic mass is 32.1. The maximum atomic E-state index is 13.2. The summed E-state index contributed by atoms with van der Waals surface area (Å²) in [5.74, 6) is 5.24. The van der Waals surface area contributed by atoms with Gasteiger partial charge in [0.05, 0.1) is 0 Å². The van der Waals surface area contributed by atoms with Crippen molar-refractivity contribution in [1.29, 1.82) is 0 Å². The summed E-state index contributed by atoms with van der Waals surface area (Å²) in [5.41, 5.74) is 9.84. The number of benzene rings is 1. The molecule has 0 spiro atoms. The molecule has 0 radical (unpaired) electrons. The van der Waals surface area contributed by atoms with Gasteiger partial charge in [0.1, 0.15) is 5.82 Å². The summed E-state index contributed by atoms with van der Waals surface area (Å²) in [5, 5.41) is 2.04. The van der Waals surface area contributed by atoms with Crippen LogP contribution in [0.4, 0.5) is 10.1 Å². The molecule has 0 aliphatic heterocycles. The first-order chi connectivity index (χ1) is 8.70. The van der Waals surface area contributed by atoms with Gasteiger partial charge in [-0.15, -0.1) is 11.3 Å². The average molecular weight is 265 g/mol. The predicted octanol–water partition coefficient (Wildman–Crippen LogP) is 2.61. The lowest BCUT2D eigenvalue weighted by Gasteiger charge is -2.18. The third kappa shape index (κ3) is 3.07. The fourth-order valence-corrected chi connectivity index (χ4v) is 2.64. The summed E-state index contributed by atoms with van der Waals surface area (Å²) in [6, 6.07) is 8.32. The molecule has 2 aromatic rings. The van der Waals surface area contributed by atoms with Gasteiger partial charge in [0, 0.05) is 16.6 Å². The minimum absolute atomic E-state index is 0.136. The van der Waals surface area contributed by atoms with Crippen LogP contribution in [0.5, 0.6) is 0 Å². The van der Waals surface area contributed by atoms with Crippen LogP contribution in [0.1, 0.15) is 22.9 Å². The number of aryl methyl sites for hydroxylation is 1. The van der Waals surface area contributed by atoms with Crippen LogP contribution in [-0.2, 0) is 6.42 Å². The van der Waals surface area contributed by atoms with Crippen molar-refractivity contribution >= 4 is 17.0 Å². The summed E-state index contributed by atoms with van der Waals surface area (Å²) in [4.78, 5) is 1.28. The van der Waals surface area contributed by atoms with Crippen LogP contribution in [0.2, 0.25) is 0 Å². The summed E-state index contributed by atoms with van der Waals surface area (Å²) in [6.45, 7) is 0. The fourth-order valence-electron chi connectivity index (χ4n) is 1.92. The topological polar surface area (TPSA) is 64.1 Å². The second kappa shape index (κ2) is 5.95. The smallest absolute Gasteiger partial charge is 0.123 e. The number of anilines is 1. The lowest BCUT2D eigenvalue weighted by molar-refractivity contribution is 0.515. The summed E-state index contributed by atoms with van der Waals surface area (Å²) in [7, 11) is 0. The predicted molar refractivity (Wildman–Crippen MR) is 73.5 cm³/mol. The molecule has 0 amide bonds. The number of rotatable bonds is 5. The van der Waals surface area contributed by atoms with Gasteiger partial charge in [0.15, 0.2) is 0 Å². The SMILES string of the molecule is NNC(CCc1cccs1)c1cc(F)ccc1N. The van der Waals surface area contributed by atoms with Crippen LogP contribution in [0, 0.1) is 5.82 Å². The number of thiophene rings is 1. The molecular weight excluding hydrogens is 249 g/mol. The molecule has 5 heteroatoms. The number of hydrazine groups is 1. The van der Waals surface area contributed by atoms with Crippen molar-refractivity contribution in [2.24, 2.45) is 5.84 Å². The number of nitrogens with one attached hydrogen (secondary N) is 1. The van der Waals surface area contributed by atoms with Crippen LogP contribution in [0.15, 0.2) is 35.7 Å². The van der Waals surface area contributed by atoms with E-state index in [1.807, 2.05) is 11.4 Å². The lowest BCUT2D eigenvalue weighted by atomic mass is 10.0. The molecule has 96 valence electrons. The second-order valence-electron chi connectivity index (χ2n) is 4.11. The number of hydrogen-bond donors (Lipinski definition) is 3. The molecule has 0 saturated carbocycles. The molecule has 1 heterocycles. The van der Waals surface area contributed by atoms with Gasteiger partial charge >= 0.3 is 0 Å². The molecule has 1 atom stereocenters. The Kier molecular flexibility index (Phi) is 4.30. The zero-order chi connectivity index (χ0) is 13.0. The van der Waals surface area contributed by atoms with Crippen molar-refractivity contribution in [2.45, 2.75) is 18.9 Å². The van der Waals surface area contributed by atoms with Gasteiger partial charge in [-0.25, -0.2) is 4.39 Å². The van der Waals surface area contributed by atoms with Gasteiger partial charge in [0.25, 0.3) is 0 Å². The van der Waals surface area contributed by atoms with E-state index >= 15 is 0 Å². The van der Waals surface area contributed by atoms with E-state index in [0.29, 0.717) is 11.3 Å². The highest BCUT2D eigenvalue weighted by Crippen LogP contribution is 2.25. The van der Waals surface area contributed by atoms with E-state index in [1.165, 1.54) is 17.0 Å². The van der Waals surface area contributed by atoms with E-state index in [4.69, 9.17) is 11.6 Å². The minimum Gasteiger partial charge on any atom is -0.398 e. The normalized spacial score (nSPS) is 12.6. The quantitative estimate of drug-likeness (QED) is 0.442. The van der Waals surface area contributed by atoms with E-state index in [9.17, 15) is 4.39 Å². The highest BCUT2D eigenvalue weighted by molar-refractivity contribution is 7.09. The van der Waals surface area contributed by atoms with Gasteiger partial charge in [-0.05, 0) is 48.1 Å². The first kappa shape index (κ1) is 13.0. The Labute approximate surface area is 110 Å². The molecule has 0 aliphatic rings. The Morgan fingerprint density at radius 2 is 2.17 bits per heavy atom. The Hall–Kier alpha value is -1.43. The maximum Gasteiger partial charge on any atom is 0.123 e. The molecule has 1 aromatic carbocycles. The van der Waals surface area contributed by atoms with Crippen LogP contribution < -0.4 is 17.0 Å². The molecule has 0 saturated heterocycles. The van der Waals surface area contributed by atoms with Crippen molar-refractivity contribution < 1.29 is 4.39 Å². The number of nitrogen functional groups attached to an aromatic ring is 1. The molecule has 3 nitrogen and oxygen atoms in total. The lowest BCUT2D eigenvalue weighted by Crippen LogP contribution is -2.29. The van der Waals surface area contributed by atoms with Crippen molar-refractivity contribution in [1.82, 2.24) is 5.43 Å². The molecule has 0 aliphatic carbocycles. The molecule has 1 unspecified atom stereocenters. The zero-order valence-corrected chi connectivity index (χ0v) is 10.7. The third-order valence-electron chi connectivity index (χ3n) is 2.88. The van der Waals surface area contributed by atoms with Crippen LogP contribution >= 0.6 is 11.3 Å². The van der Waals surface area contributed by atoms with E-state index in [0.717, 1.165) is 12.8 Å². The van der Waals surface area contributed by atoms with Crippen molar-refractivity contribution in [2.75, 3.05) is 5.73 Å². The van der Waals surface area contributed by atoms with Gasteiger partial charge in [0.2, 0.25) is 0 Å². The molecule has 0 fully saturated rings. The minimum atomic E-state index is -0.296. The Morgan fingerprint density at radius 1 is 1.33 bits per heavy atom. The van der Waals surface area contributed by atoms with Crippen molar-refractivity contribution in [3.8, 4) is 0 Å². The summed E-state index contributed by atoms with van der Waals surface area (Å²) in [6.07, 6.45) is 1.67. The molecule has 1 aromatic heterocycles. The van der Waals surface area contributed by atoms with Crippen LogP contribution in [-0.4, -0.2) is 0 Å². The number of halogens is 1. The first-order valence-electron chi connectivity index (χ1n) is 5.74. The largest absolute Gasteiger partial charge is 0.398 e. The zero-order valence-electron chi connectivity index (χ0n) is 9.90. The van der Waals surface area contributed by atoms with Gasteiger partial charge in [-0.2, -0.15) is 0 Å². The van der Waals surface area contributed by atoms with E-state index < -0.39 is 0 Å². The number of hydrogen-bond acceptors (Lipinski definition) is 4. The van der Waals surface area contributed by atoms with E-state index in [-0.39, 0.29) is 11.9 Å². The first-order valence-corrected chi connectivity index (χ1v) is 6.62.